The first-order chi connectivity index (χ1) is 9.24. The molecule has 0 saturated carbocycles. The Morgan fingerprint density at radius 1 is 1.30 bits per heavy atom. The van der Waals surface area contributed by atoms with Crippen LogP contribution in [0.1, 0.15) is 0 Å². The van der Waals surface area contributed by atoms with Crippen LogP contribution in [0, 0.1) is 11.6 Å². The summed E-state index contributed by atoms with van der Waals surface area (Å²) in [7, 11) is 0. The summed E-state index contributed by atoms with van der Waals surface area (Å²) in [6.07, 6.45) is -4.17. The van der Waals surface area contributed by atoms with E-state index in [9.17, 15) is 22.0 Å². The third kappa shape index (κ3) is 4.78. The molecule has 0 aliphatic carbocycles. The first-order valence-corrected chi connectivity index (χ1v) is 5.52. The zero-order chi connectivity index (χ0) is 15.3. The first-order valence-electron chi connectivity index (χ1n) is 5.14. The third-order valence-corrected chi connectivity index (χ3v) is 2.21. The van der Waals surface area contributed by atoms with Crippen molar-refractivity contribution in [1.29, 1.82) is 0 Å². The number of benzene rings is 1. The summed E-state index contributed by atoms with van der Waals surface area (Å²) in [5.41, 5.74) is 3.19. The fourth-order valence-electron chi connectivity index (χ4n) is 1.17. The highest BCUT2D eigenvalue weighted by Gasteiger charge is 2.31. The first kappa shape index (κ1) is 16.4. The highest BCUT2D eigenvalue weighted by Crippen LogP contribution is 2.22. The number of hydrogen-bond donors (Lipinski definition) is 2. The zero-order valence-corrected chi connectivity index (χ0v) is 10.6. The van der Waals surface area contributed by atoms with E-state index in [1.165, 1.54) is 0 Å². The topological polar surface area (TPSA) is 50.4 Å². The standard InChI is InChI=1S/C11H9ClF5N3/c12-19-5-7(4-10(18)11(15,16)17)20-6-1-2-8(13)9(14)3-6/h1-4,19H,5,18H2. The van der Waals surface area contributed by atoms with Crippen LogP contribution < -0.4 is 10.6 Å². The average Bonchev–Trinajstić information content (AvgIpc) is 2.33. The molecule has 0 bridgehead atoms. The summed E-state index contributed by atoms with van der Waals surface area (Å²) in [4.78, 5) is 5.79. The predicted octanol–water partition coefficient (Wildman–Crippen LogP) is 3.19. The van der Waals surface area contributed by atoms with Crippen LogP contribution in [0.4, 0.5) is 27.6 Å². The summed E-state index contributed by atoms with van der Waals surface area (Å²) >= 11 is 5.20. The van der Waals surface area contributed by atoms with Gasteiger partial charge < -0.3 is 5.73 Å². The maximum absolute atomic E-state index is 13.0. The lowest BCUT2D eigenvalue weighted by Gasteiger charge is -2.07. The Balaban J connectivity index is 3.12. The highest BCUT2D eigenvalue weighted by atomic mass is 35.5. The van der Waals surface area contributed by atoms with Crippen molar-refractivity contribution in [2.24, 2.45) is 10.7 Å². The number of nitrogens with one attached hydrogen (secondary N) is 1. The second kappa shape index (κ2) is 6.67. The van der Waals surface area contributed by atoms with Gasteiger partial charge in [-0.2, -0.15) is 13.2 Å². The molecule has 0 atom stereocenters. The van der Waals surface area contributed by atoms with Gasteiger partial charge in [0.2, 0.25) is 0 Å². The van der Waals surface area contributed by atoms with Crippen LogP contribution >= 0.6 is 11.8 Å². The van der Waals surface area contributed by atoms with Gasteiger partial charge in [-0.15, -0.1) is 0 Å². The van der Waals surface area contributed by atoms with Crippen LogP contribution in [0.25, 0.3) is 0 Å². The minimum absolute atomic E-state index is 0.0722. The fraction of sp³-hybridized carbons (Fsp3) is 0.182. The molecule has 0 spiro atoms. The smallest absolute Gasteiger partial charge is 0.395 e. The monoisotopic (exact) mass is 313 g/mol. The van der Waals surface area contributed by atoms with Crippen LogP contribution in [0.3, 0.4) is 0 Å². The van der Waals surface area contributed by atoms with Gasteiger partial charge in [-0.25, -0.2) is 13.6 Å². The molecule has 0 aromatic heterocycles. The molecule has 110 valence electrons. The molecule has 1 aromatic rings. The van der Waals surface area contributed by atoms with E-state index in [2.05, 4.69) is 9.83 Å². The van der Waals surface area contributed by atoms with Gasteiger partial charge in [-0.05, 0) is 30.0 Å². The lowest BCUT2D eigenvalue weighted by molar-refractivity contribution is -0.0925. The van der Waals surface area contributed by atoms with Crippen molar-refractivity contribution in [3.8, 4) is 0 Å². The third-order valence-electron chi connectivity index (χ3n) is 2.07. The van der Waals surface area contributed by atoms with E-state index in [0.29, 0.717) is 6.08 Å². The zero-order valence-electron chi connectivity index (χ0n) is 9.81. The second-order valence-corrected chi connectivity index (χ2v) is 3.88. The Labute approximate surface area is 116 Å². The number of aliphatic imine (C=N–C) groups is 1. The molecule has 0 amide bonds. The number of nitrogens with zero attached hydrogens (tertiary/aromatic N) is 1. The van der Waals surface area contributed by atoms with Crippen LogP contribution in [0.5, 0.6) is 0 Å². The molecular weight excluding hydrogens is 305 g/mol. The number of hydrogen-bond acceptors (Lipinski definition) is 3. The Hall–Kier alpha value is -1.67. The Kier molecular flexibility index (Phi) is 5.46. The number of rotatable bonds is 4. The molecule has 0 aliphatic rings. The largest absolute Gasteiger partial charge is 0.430 e. The quantitative estimate of drug-likeness (QED) is 0.509. The number of halogens is 6. The summed E-state index contributed by atoms with van der Waals surface area (Å²) < 4.78 is 62.6. The Bertz CT molecular complexity index is 539. The molecule has 0 saturated heterocycles. The van der Waals surface area contributed by atoms with E-state index in [-0.39, 0.29) is 17.9 Å². The molecule has 1 rings (SSSR count). The predicted molar refractivity (Wildman–Crippen MR) is 65.6 cm³/mol. The molecule has 0 heterocycles. The lowest BCUT2D eigenvalue weighted by Crippen LogP contribution is -2.22. The number of nitrogens with two attached hydrogens (primary N) is 1. The van der Waals surface area contributed by atoms with E-state index in [1.54, 1.807) is 0 Å². The van der Waals surface area contributed by atoms with Gasteiger partial charge in [0.25, 0.3) is 0 Å². The van der Waals surface area contributed by atoms with Crippen molar-refractivity contribution in [2.75, 3.05) is 6.54 Å². The summed E-state index contributed by atoms with van der Waals surface area (Å²) in [6.45, 7) is -0.253. The van der Waals surface area contributed by atoms with E-state index < -0.39 is 23.5 Å². The Morgan fingerprint density at radius 3 is 2.45 bits per heavy atom. The summed E-state index contributed by atoms with van der Waals surface area (Å²) in [5.74, 6) is -2.26. The minimum atomic E-state index is -4.72. The maximum atomic E-state index is 13.0. The molecule has 0 radical (unpaired) electrons. The van der Waals surface area contributed by atoms with Crippen molar-refractivity contribution >= 4 is 23.2 Å². The molecular formula is C11H9ClF5N3. The molecule has 9 heteroatoms. The van der Waals surface area contributed by atoms with Gasteiger partial charge in [0.1, 0.15) is 5.70 Å². The van der Waals surface area contributed by atoms with E-state index in [4.69, 9.17) is 17.5 Å². The SMILES string of the molecule is NC(=CC(CNCl)=Nc1ccc(F)c(F)c1)C(F)(F)F. The van der Waals surface area contributed by atoms with Gasteiger partial charge >= 0.3 is 6.18 Å². The molecule has 0 aliphatic heterocycles. The number of alkyl halides is 3. The van der Waals surface area contributed by atoms with E-state index in [0.717, 1.165) is 18.2 Å². The molecule has 20 heavy (non-hydrogen) atoms. The van der Waals surface area contributed by atoms with Crippen molar-refractivity contribution in [3.05, 3.63) is 41.6 Å². The lowest BCUT2D eigenvalue weighted by atomic mass is 10.2. The minimum Gasteiger partial charge on any atom is -0.395 e. The van der Waals surface area contributed by atoms with Gasteiger partial charge in [0, 0.05) is 6.07 Å². The Morgan fingerprint density at radius 2 is 1.95 bits per heavy atom. The highest BCUT2D eigenvalue weighted by molar-refractivity contribution is 6.15. The normalized spacial score (nSPS) is 13.7. The van der Waals surface area contributed by atoms with Crippen LogP contribution in [-0.4, -0.2) is 18.4 Å². The maximum Gasteiger partial charge on any atom is 0.430 e. The molecule has 0 fully saturated rings. The fourth-order valence-corrected chi connectivity index (χ4v) is 1.31. The molecule has 1 aromatic carbocycles. The molecule has 0 unspecified atom stereocenters. The van der Waals surface area contributed by atoms with Gasteiger partial charge in [-0.3, -0.25) is 4.99 Å². The van der Waals surface area contributed by atoms with E-state index >= 15 is 0 Å². The second-order valence-electron chi connectivity index (χ2n) is 3.61. The van der Waals surface area contributed by atoms with Crippen LogP contribution in [-0.2, 0) is 0 Å². The van der Waals surface area contributed by atoms with Crippen molar-refractivity contribution in [2.45, 2.75) is 6.18 Å². The van der Waals surface area contributed by atoms with Crippen molar-refractivity contribution in [3.63, 3.8) is 0 Å². The van der Waals surface area contributed by atoms with Crippen molar-refractivity contribution in [1.82, 2.24) is 4.84 Å². The van der Waals surface area contributed by atoms with Crippen LogP contribution in [0.2, 0.25) is 0 Å². The van der Waals surface area contributed by atoms with Crippen molar-refractivity contribution < 1.29 is 22.0 Å². The van der Waals surface area contributed by atoms with Gasteiger partial charge in [0.05, 0.1) is 17.9 Å². The molecule has 3 N–H and O–H groups in total. The van der Waals surface area contributed by atoms with Crippen LogP contribution in [0.15, 0.2) is 35.0 Å². The average molecular weight is 314 g/mol. The van der Waals surface area contributed by atoms with E-state index in [1.807, 2.05) is 0 Å². The number of allylic oxidation sites excluding steroid dienone is 1. The molecule has 3 nitrogen and oxygen atoms in total. The summed E-state index contributed by atoms with van der Waals surface area (Å²) in [6, 6.07) is 2.64. The van der Waals surface area contributed by atoms with Gasteiger partial charge in [-0.1, -0.05) is 0 Å². The summed E-state index contributed by atoms with van der Waals surface area (Å²) in [5, 5.41) is 0. The van der Waals surface area contributed by atoms with Gasteiger partial charge in [0.15, 0.2) is 11.6 Å².